The zero-order chi connectivity index (χ0) is 18.8. The van der Waals surface area contributed by atoms with E-state index in [9.17, 15) is 14.7 Å². The number of hydrogen-bond acceptors (Lipinski definition) is 2. The van der Waals surface area contributed by atoms with Crippen LogP contribution in [-0.2, 0) is 9.59 Å². The quantitative estimate of drug-likeness (QED) is 0.222. The zero-order valence-electron chi connectivity index (χ0n) is 16.1. The standard InChI is InChI=1S/C21H38O4/c1-2-3-4-5-7-10-13-16-19(21(24)25)17-14-11-8-6-9-12-15-18-20(22)23/h16H,2-15,17-18H2,1H3,(H,22,23)(H,24,25). The molecule has 0 rings (SSSR count). The highest BCUT2D eigenvalue weighted by molar-refractivity contribution is 5.86. The molecule has 0 aliphatic rings. The molecule has 0 bridgehead atoms. The van der Waals surface area contributed by atoms with Crippen molar-refractivity contribution in [3.63, 3.8) is 0 Å². The molecule has 0 aromatic carbocycles. The van der Waals surface area contributed by atoms with Gasteiger partial charge in [0.1, 0.15) is 0 Å². The van der Waals surface area contributed by atoms with Crippen molar-refractivity contribution in [2.45, 2.75) is 110 Å². The third-order valence-electron chi connectivity index (χ3n) is 4.56. The van der Waals surface area contributed by atoms with Crippen LogP contribution in [0.1, 0.15) is 110 Å². The molecule has 2 N–H and O–H groups in total. The van der Waals surface area contributed by atoms with Crippen molar-refractivity contribution in [3.05, 3.63) is 11.6 Å². The van der Waals surface area contributed by atoms with Gasteiger partial charge in [0.15, 0.2) is 0 Å². The first-order valence-corrected chi connectivity index (χ1v) is 10.2. The fourth-order valence-electron chi connectivity index (χ4n) is 2.97. The molecule has 0 saturated carbocycles. The Labute approximate surface area is 153 Å². The van der Waals surface area contributed by atoms with Gasteiger partial charge in [-0.2, -0.15) is 0 Å². The van der Waals surface area contributed by atoms with Gasteiger partial charge in [-0.1, -0.05) is 77.2 Å². The third kappa shape index (κ3) is 17.3. The summed E-state index contributed by atoms with van der Waals surface area (Å²) in [5, 5.41) is 17.8. The lowest BCUT2D eigenvalue weighted by Crippen LogP contribution is -2.00. The van der Waals surface area contributed by atoms with E-state index in [-0.39, 0.29) is 6.42 Å². The van der Waals surface area contributed by atoms with Crippen LogP contribution in [0.2, 0.25) is 0 Å². The molecule has 0 saturated heterocycles. The van der Waals surface area contributed by atoms with Crippen LogP contribution in [0.5, 0.6) is 0 Å². The molecule has 0 aliphatic heterocycles. The van der Waals surface area contributed by atoms with Crippen LogP contribution in [-0.4, -0.2) is 22.2 Å². The van der Waals surface area contributed by atoms with Gasteiger partial charge in [-0.3, -0.25) is 4.79 Å². The van der Waals surface area contributed by atoms with Gasteiger partial charge in [-0.25, -0.2) is 4.79 Å². The highest BCUT2D eigenvalue weighted by atomic mass is 16.4. The maximum atomic E-state index is 11.3. The number of hydrogen-bond donors (Lipinski definition) is 2. The fraction of sp³-hybridized carbons (Fsp3) is 0.810. The van der Waals surface area contributed by atoms with E-state index in [2.05, 4.69) is 6.92 Å². The van der Waals surface area contributed by atoms with E-state index in [0.29, 0.717) is 12.0 Å². The molecule has 0 heterocycles. The number of carboxylic acid groups (broad SMARTS) is 2. The van der Waals surface area contributed by atoms with Crippen LogP contribution in [0.15, 0.2) is 11.6 Å². The van der Waals surface area contributed by atoms with E-state index in [1.54, 1.807) is 0 Å². The lowest BCUT2D eigenvalue weighted by Gasteiger charge is -2.04. The van der Waals surface area contributed by atoms with Crippen molar-refractivity contribution >= 4 is 11.9 Å². The normalized spacial score (nSPS) is 11.6. The molecule has 0 unspecified atom stereocenters. The van der Waals surface area contributed by atoms with E-state index >= 15 is 0 Å². The molecule has 25 heavy (non-hydrogen) atoms. The summed E-state index contributed by atoms with van der Waals surface area (Å²) < 4.78 is 0. The Bertz CT molecular complexity index is 374. The molecule has 0 aliphatic carbocycles. The molecule has 0 spiro atoms. The monoisotopic (exact) mass is 354 g/mol. The number of aliphatic carboxylic acids is 2. The van der Waals surface area contributed by atoms with E-state index < -0.39 is 11.9 Å². The molecule has 146 valence electrons. The van der Waals surface area contributed by atoms with Crippen molar-refractivity contribution in [1.29, 1.82) is 0 Å². The Morgan fingerprint density at radius 1 is 0.680 bits per heavy atom. The van der Waals surface area contributed by atoms with Crippen molar-refractivity contribution in [2.24, 2.45) is 0 Å². The summed E-state index contributed by atoms with van der Waals surface area (Å²) in [6, 6.07) is 0. The average molecular weight is 355 g/mol. The third-order valence-corrected chi connectivity index (χ3v) is 4.56. The number of carbonyl (C=O) groups is 2. The first-order chi connectivity index (χ1) is 12.1. The summed E-state index contributed by atoms with van der Waals surface area (Å²) in [6.45, 7) is 2.21. The Morgan fingerprint density at radius 2 is 1.16 bits per heavy atom. The smallest absolute Gasteiger partial charge is 0.331 e. The van der Waals surface area contributed by atoms with E-state index in [4.69, 9.17) is 5.11 Å². The topological polar surface area (TPSA) is 74.6 Å². The Hall–Kier alpha value is -1.32. The van der Waals surface area contributed by atoms with Crippen LogP contribution >= 0.6 is 0 Å². The molecular formula is C21H38O4. The van der Waals surface area contributed by atoms with Crippen molar-refractivity contribution in [3.8, 4) is 0 Å². The molecular weight excluding hydrogens is 316 g/mol. The number of carboxylic acids is 2. The number of rotatable bonds is 18. The highest BCUT2D eigenvalue weighted by Crippen LogP contribution is 2.15. The van der Waals surface area contributed by atoms with Crippen LogP contribution in [0.25, 0.3) is 0 Å². The van der Waals surface area contributed by atoms with E-state index in [1.807, 2.05) is 6.08 Å². The van der Waals surface area contributed by atoms with Crippen molar-refractivity contribution in [2.75, 3.05) is 0 Å². The first-order valence-electron chi connectivity index (χ1n) is 10.2. The largest absolute Gasteiger partial charge is 0.481 e. The molecule has 0 amide bonds. The molecule has 0 aromatic rings. The summed E-state index contributed by atoms with van der Waals surface area (Å²) in [6.07, 6.45) is 18.2. The van der Waals surface area contributed by atoms with Crippen LogP contribution in [0.4, 0.5) is 0 Å². The Balaban J connectivity index is 3.64. The minimum absolute atomic E-state index is 0.269. The fourth-order valence-corrected chi connectivity index (χ4v) is 2.97. The zero-order valence-corrected chi connectivity index (χ0v) is 16.1. The lowest BCUT2D eigenvalue weighted by molar-refractivity contribution is -0.137. The SMILES string of the molecule is CCCCCCCCC=C(CCCCCCCCCC(=O)O)C(=O)O. The van der Waals surface area contributed by atoms with Gasteiger partial charge in [-0.15, -0.1) is 0 Å². The molecule has 0 radical (unpaired) electrons. The molecule has 4 heteroatoms. The maximum Gasteiger partial charge on any atom is 0.331 e. The van der Waals surface area contributed by atoms with E-state index in [0.717, 1.165) is 57.8 Å². The average Bonchev–Trinajstić information content (AvgIpc) is 2.57. The summed E-state index contributed by atoms with van der Waals surface area (Å²) in [5.74, 6) is -1.48. The number of unbranched alkanes of at least 4 members (excludes halogenated alkanes) is 12. The minimum atomic E-state index is -0.764. The second-order valence-corrected chi connectivity index (χ2v) is 6.96. The van der Waals surface area contributed by atoms with Crippen LogP contribution in [0.3, 0.4) is 0 Å². The van der Waals surface area contributed by atoms with Crippen molar-refractivity contribution in [1.82, 2.24) is 0 Å². The summed E-state index contributed by atoms with van der Waals surface area (Å²) in [7, 11) is 0. The predicted molar refractivity (Wildman–Crippen MR) is 103 cm³/mol. The minimum Gasteiger partial charge on any atom is -0.481 e. The second kappa shape index (κ2) is 17.5. The maximum absolute atomic E-state index is 11.3. The van der Waals surface area contributed by atoms with E-state index in [1.165, 1.54) is 32.1 Å². The second-order valence-electron chi connectivity index (χ2n) is 6.96. The summed E-state index contributed by atoms with van der Waals surface area (Å²) in [4.78, 5) is 21.7. The van der Waals surface area contributed by atoms with Gasteiger partial charge in [0.05, 0.1) is 0 Å². The molecule has 0 aromatic heterocycles. The number of allylic oxidation sites excluding steroid dienone is 1. The molecule has 0 fully saturated rings. The molecule has 0 atom stereocenters. The van der Waals surface area contributed by atoms with Gasteiger partial charge in [-0.05, 0) is 32.1 Å². The first kappa shape index (κ1) is 23.7. The van der Waals surface area contributed by atoms with Gasteiger partial charge in [0, 0.05) is 12.0 Å². The van der Waals surface area contributed by atoms with Gasteiger partial charge >= 0.3 is 11.9 Å². The van der Waals surface area contributed by atoms with Crippen molar-refractivity contribution < 1.29 is 19.8 Å². The van der Waals surface area contributed by atoms with Crippen LogP contribution in [0, 0.1) is 0 Å². The summed E-state index contributed by atoms with van der Waals surface area (Å²) in [5.41, 5.74) is 0.579. The van der Waals surface area contributed by atoms with Crippen LogP contribution < -0.4 is 0 Å². The van der Waals surface area contributed by atoms with Gasteiger partial charge < -0.3 is 10.2 Å². The Kier molecular flexibility index (Phi) is 16.6. The highest BCUT2D eigenvalue weighted by Gasteiger charge is 2.06. The predicted octanol–water partition coefficient (Wildman–Crippen LogP) is 6.34. The Morgan fingerprint density at radius 3 is 1.68 bits per heavy atom. The van der Waals surface area contributed by atoms with Gasteiger partial charge in [0.25, 0.3) is 0 Å². The van der Waals surface area contributed by atoms with Gasteiger partial charge in [0.2, 0.25) is 0 Å². The lowest BCUT2D eigenvalue weighted by atomic mass is 10.0. The molecule has 4 nitrogen and oxygen atoms in total. The summed E-state index contributed by atoms with van der Waals surface area (Å²) >= 11 is 0.